The highest BCUT2D eigenvalue weighted by Gasteiger charge is 2.54. The predicted molar refractivity (Wildman–Crippen MR) is 91.5 cm³/mol. The molecule has 1 saturated heterocycles. The lowest BCUT2D eigenvalue weighted by atomic mass is 9.63. The number of carbonyl (C=O) groups is 2. The molecular formula is C20H27NO3. The molecule has 4 nitrogen and oxygen atoms in total. The molecule has 0 atom stereocenters. The molecule has 2 fully saturated rings. The average molecular weight is 329 g/mol. The molecule has 1 aliphatic carbocycles. The molecule has 0 aromatic heterocycles. The molecule has 0 bridgehead atoms. The van der Waals surface area contributed by atoms with Crippen LogP contribution in [0, 0.1) is 16.7 Å². The summed E-state index contributed by atoms with van der Waals surface area (Å²) in [6.07, 6.45) is 3.91. The van der Waals surface area contributed by atoms with Gasteiger partial charge in [0.1, 0.15) is 6.61 Å². The molecule has 24 heavy (non-hydrogen) atoms. The molecule has 1 aromatic rings. The number of hydrogen-bond acceptors (Lipinski definition) is 3. The van der Waals surface area contributed by atoms with E-state index in [9.17, 15) is 9.59 Å². The molecule has 0 radical (unpaired) electrons. The van der Waals surface area contributed by atoms with Crippen LogP contribution in [0.4, 0.5) is 0 Å². The molecule has 0 N–H and O–H groups in total. The van der Waals surface area contributed by atoms with E-state index >= 15 is 0 Å². The Bertz CT molecular complexity index is 610. The van der Waals surface area contributed by atoms with Crippen molar-refractivity contribution in [2.75, 3.05) is 0 Å². The Balaban J connectivity index is 1.64. The van der Waals surface area contributed by atoms with Gasteiger partial charge in [-0.1, -0.05) is 51.1 Å². The van der Waals surface area contributed by atoms with Crippen molar-refractivity contribution in [2.24, 2.45) is 16.7 Å². The summed E-state index contributed by atoms with van der Waals surface area (Å²) in [5.41, 5.74) is 0.697. The van der Waals surface area contributed by atoms with E-state index in [1.54, 1.807) is 0 Å². The molecule has 0 unspecified atom stereocenters. The highest BCUT2D eigenvalue weighted by atomic mass is 16.7. The summed E-state index contributed by atoms with van der Waals surface area (Å²) in [7, 11) is 0. The number of amides is 2. The van der Waals surface area contributed by atoms with Gasteiger partial charge in [-0.05, 0) is 42.6 Å². The third-order valence-electron chi connectivity index (χ3n) is 5.72. The largest absolute Gasteiger partial charge is 0.272 e. The smallest absolute Gasteiger partial charge is 0.260 e. The summed E-state index contributed by atoms with van der Waals surface area (Å²) in [5, 5.41) is 1.03. The molecule has 4 heteroatoms. The molecule has 1 aromatic carbocycles. The molecular weight excluding hydrogens is 302 g/mol. The Morgan fingerprint density at radius 3 is 2.33 bits per heavy atom. The van der Waals surface area contributed by atoms with E-state index in [1.807, 2.05) is 30.3 Å². The molecule has 2 amide bonds. The van der Waals surface area contributed by atoms with Gasteiger partial charge in [0.05, 0.1) is 5.41 Å². The van der Waals surface area contributed by atoms with Gasteiger partial charge in [-0.2, -0.15) is 5.06 Å². The highest BCUT2D eigenvalue weighted by Crippen LogP contribution is 2.50. The highest BCUT2D eigenvalue weighted by molar-refractivity contribution is 6.04. The second kappa shape index (κ2) is 6.32. The van der Waals surface area contributed by atoms with E-state index in [0.717, 1.165) is 36.3 Å². The fourth-order valence-electron chi connectivity index (χ4n) is 4.04. The lowest BCUT2D eigenvalue weighted by Gasteiger charge is -2.40. The Kier molecular flexibility index (Phi) is 4.52. The second-order valence-corrected chi connectivity index (χ2v) is 8.35. The van der Waals surface area contributed by atoms with Crippen molar-refractivity contribution in [3.05, 3.63) is 35.9 Å². The Labute approximate surface area is 144 Å². The fraction of sp³-hybridized carbons (Fsp3) is 0.600. The Morgan fingerprint density at radius 2 is 1.75 bits per heavy atom. The van der Waals surface area contributed by atoms with Gasteiger partial charge in [0.25, 0.3) is 11.8 Å². The van der Waals surface area contributed by atoms with Gasteiger partial charge < -0.3 is 0 Å². The number of carbonyl (C=O) groups excluding carboxylic acids is 2. The quantitative estimate of drug-likeness (QED) is 0.784. The van der Waals surface area contributed by atoms with E-state index in [4.69, 9.17) is 4.84 Å². The Hall–Kier alpha value is -1.68. The van der Waals surface area contributed by atoms with Crippen LogP contribution in [-0.4, -0.2) is 16.9 Å². The summed E-state index contributed by atoms with van der Waals surface area (Å²) in [5.74, 6) is 0.297. The molecule has 1 aliphatic heterocycles. The van der Waals surface area contributed by atoms with Crippen LogP contribution in [0.2, 0.25) is 0 Å². The van der Waals surface area contributed by atoms with Crippen molar-refractivity contribution in [3.8, 4) is 0 Å². The molecule has 1 spiro atoms. The number of rotatable bonds is 3. The van der Waals surface area contributed by atoms with Crippen molar-refractivity contribution < 1.29 is 14.4 Å². The SMILES string of the molecule is CC(C)(C)C1CCC2(CC1)CC(=O)N(OCc1ccccc1)C2=O. The first-order valence-electron chi connectivity index (χ1n) is 8.86. The Morgan fingerprint density at radius 1 is 1.12 bits per heavy atom. The van der Waals surface area contributed by atoms with E-state index in [2.05, 4.69) is 20.8 Å². The maximum atomic E-state index is 12.9. The normalized spacial score (nSPS) is 28.0. The average Bonchev–Trinajstić information content (AvgIpc) is 2.76. The summed E-state index contributed by atoms with van der Waals surface area (Å²) in [6.45, 7) is 7.02. The minimum Gasteiger partial charge on any atom is -0.272 e. The fourth-order valence-corrected chi connectivity index (χ4v) is 4.04. The van der Waals surface area contributed by atoms with Crippen LogP contribution in [0.25, 0.3) is 0 Å². The van der Waals surface area contributed by atoms with Crippen LogP contribution >= 0.6 is 0 Å². The first kappa shape index (κ1) is 17.2. The maximum absolute atomic E-state index is 12.9. The monoisotopic (exact) mass is 329 g/mol. The van der Waals surface area contributed by atoms with Gasteiger partial charge in [0.2, 0.25) is 0 Å². The topological polar surface area (TPSA) is 46.6 Å². The number of imide groups is 1. The van der Waals surface area contributed by atoms with E-state index in [1.165, 1.54) is 0 Å². The van der Waals surface area contributed by atoms with Crippen LogP contribution in [-0.2, 0) is 21.0 Å². The number of hydroxylamine groups is 2. The predicted octanol–water partition coefficient (Wildman–Crippen LogP) is 4.10. The minimum absolute atomic E-state index is 0.129. The van der Waals surface area contributed by atoms with Crippen molar-refractivity contribution >= 4 is 11.8 Å². The van der Waals surface area contributed by atoms with Crippen LogP contribution in [0.5, 0.6) is 0 Å². The van der Waals surface area contributed by atoms with Gasteiger partial charge in [-0.15, -0.1) is 0 Å². The van der Waals surface area contributed by atoms with Gasteiger partial charge in [-0.3, -0.25) is 14.4 Å². The lowest BCUT2D eigenvalue weighted by Crippen LogP contribution is -2.39. The zero-order valence-electron chi connectivity index (χ0n) is 14.9. The zero-order valence-corrected chi connectivity index (χ0v) is 14.9. The second-order valence-electron chi connectivity index (χ2n) is 8.35. The molecule has 1 saturated carbocycles. The summed E-state index contributed by atoms with van der Waals surface area (Å²) in [4.78, 5) is 30.8. The van der Waals surface area contributed by atoms with Gasteiger partial charge in [0, 0.05) is 6.42 Å². The standard InChI is InChI=1S/C20H27NO3/c1-19(2,3)16-9-11-20(12-10-16)13-17(22)21(18(20)23)24-14-15-7-5-4-6-8-15/h4-8,16H,9-14H2,1-3H3. The number of nitrogens with zero attached hydrogens (tertiary/aromatic N) is 1. The molecule has 3 rings (SSSR count). The van der Waals surface area contributed by atoms with Crippen LogP contribution in [0.15, 0.2) is 30.3 Å². The third kappa shape index (κ3) is 3.25. The van der Waals surface area contributed by atoms with Gasteiger partial charge in [0.15, 0.2) is 0 Å². The first-order valence-corrected chi connectivity index (χ1v) is 8.86. The van der Waals surface area contributed by atoms with Crippen LogP contribution in [0.3, 0.4) is 0 Å². The van der Waals surface area contributed by atoms with Crippen molar-refractivity contribution in [1.29, 1.82) is 0 Å². The van der Waals surface area contributed by atoms with E-state index in [-0.39, 0.29) is 23.8 Å². The minimum atomic E-state index is -0.518. The maximum Gasteiger partial charge on any atom is 0.260 e. The number of hydrogen-bond donors (Lipinski definition) is 0. The van der Waals surface area contributed by atoms with Crippen molar-refractivity contribution in [2.45, 2.75) is 59.5 Å². The lowest BCUT2D eigenvalue weighted by molar-refractivity contribution is -0.194. The zero-order chi connectivity index (χ0) is 17.4. The third-order valence-corrected chi connectivity index (χ3v) is 5.72. The van der Waals surface area contributed by atoms with Crippen LogP contribution < -0.4 is 0 Å². The van der Waals surface area contributed by atoms with Crippen LogP contribution in [0.1, 0.15) is 58.4 Å². The number of benzene rings is 1. The summed E-state index contributed by atoms with van der Waals surface area (Å²) < 4.78 is 0. The van der Waals surface area contributed by atoms with Crippen molar-refractivity contribution in [3.63, 3.8) is 0 Å². The summed E-state index contributed by atoms with van der Waals surface area (Å²) >= 11 is 0. The molecule has 2 aliphatic rings. The first-order chi connectivity index (χ1) is 11.3. The van der Waals surface area contributed by atoms with Gasteiger partial charge in [-0.25, -0.2) is 0 Å². The summed E-state index contributed by atoms with van der Waals surface area (Å²) in [6, 6.07) is 9.62. The molecule has 1 heterocycles. The van der Waals surface area contributed by atoms with Gasteiger partial charge >= 0.3 is 0 Å². The van der Waals surface area contributed by atoms with E-state index < -0.39 is 5.41 Å². The van der Waals surface area contributed by atoms with E-state index in [0.29, 0.717) is 12.3 Å². The van der Waals surface area contributed by atoms with Crippen molar-refractivity contribution in [1.82, 2.24) is 5.06 Å². The molecule has 130 valence electrons.